The molecule has 1 fully saturated rings. The number of carbonyl (C=O) groups excluding carboxylic acids is 5. The smallest absolute Gasteiger partial charge is 0.346 e. The fourth-order valence-corrected chi connectivity index (χ4v) is 3.66. The van der Waals surface area contributed by atoms with Gasteiger partial charge in [0, 0.05) is 5.57 Å². The van der Waals surface area contributed by atoms with Crippen LogP contribution in [0.3, 0.4) is 0 Å². The van der Waals surface area contributed by atoms with Crippen LogP contribution in [0.15, 0.2) is 35.5 Å². The number of ether oxygens (including phenoxy) is 4. The topological polar surface area (TPSA) is 143 Å². The molecule has 192 valence electrons. The van der Waals surface area contributed by atoms with Gasteiger partial charge in [0.05, 0.1) is 24.5 Å². The lowest BCUT2D eigenvalue weighted by Gasteiger charge is -2.35. The van der Waals surface area contributed by atoms with E-state index >= 15 is 0 Å². The Kier molecular flexibility index (Phi) is 8.78. The van der Waals surface area contributed by atoms with Crippen molar-refractivity contribution in [3.8, 4) is 0 Å². The van der Waals surface area contributed by atoms with Gasteiger partial charge >= 0.3 is 23.9 Å². The van der Waals surface area contributed by atoms with Crippen molar-refractivity contribution in [3.63, 3.8) is 0 Å². The quantitative estimate of drug-likeness (QED) is 0.191. The number of hydrogen-bond acceptors (Lipinski definition) is 10. The van der Waals surface area contributed by atoms with Gasteiger partial charge in [-0.2, -0.15) is 0 Å². The van der Waals surface area contributed by atoms with Crippen molar-refractivity contribution in [1.29, 1.82) is 0 Å². The van der Waals surface area contributed by atoms with Gasteiger partial charge in [-0.05, 0) is 39.7 Å². The Balaban J connectivity index is 2.76. The molecule has 0 unspecified atom stereocenters. The summed E-state index contributed by atoms with van der Waals surface area (Å²) >= 11 is 0. The van der Waals surface area contributed by atoms with Crippen LogP contribution in [0, 0.1) is 11.8 Å². The summed E-state index contributed by atoms with van der Waals surface area (Å²) in [4.78, 5) is 62.8. The molecule has 0 aromatic carbocycles. The zero-order chi connectivity index (χ0) is 26.7. The summed E-state index contributed by atoms with van der Waals surface area (Å²) in [6.45, 7) is 10.7. The number of rotatable bonds is 6. The molecule has 1 N–H and O–H groups in total. The fourth-order valence-electron chi connectivity index (χ4n) is 3.66. The van der Waals surface area contributed by atoms with E-state index in [2.05, 4.69) is 6.58 Å². The molecule has 1 aliphatic heterocycles. The third-order valence-electron chi connectivity index (χ3n) is 6.03. The van der Waals surface area contributed by atoms with Crippen molar-refractivity contribution in [2.45, 2.75) is 71.4 Å². The van der Waals surface area contributed by atoms with Crippen molar-refractivity contribution in [1.82, 2.24) is 0 Å². The van der Waals surface area contributed by atoms with E-state index < -0.39 is 65.4 Å². The van der Waals surface area contributed by atoms with E-state index in [1.54, 1.807) is 26.8 Å². The minimum atomic E-state index is -2.54. The number of carbonyl (C=O) groups is 5. The second kappa shape index (κ2) is 11.0. The largest absolute Gasteiger partial charge is 0.466 e. The number of aliphatic hydroxyl groups is 1. The predicted octanol–water partition coefficient (Wildman–Crippen LogP) is 1.74. The van der Waals surface area contributed by atoms with Crippen LogP contribution in [-0.2, 0) is 42.9 Å². The zero-order valence-electron chi connectivity index (χ0n) is 20.8. The molecular formula is C25H32O10. The highest BCUT2D eigenvalue weighted by molar-refractivity contribution is 6.05. The predicted molar refractivity (Wildman–Crippen MR) is 122 cm³/mol. The first-order valence-electron chi connectivity index (χ1n) is 11.2. The molecule has 0 bridgehead atoms. The second-order valence-electron chi connectivity index (χ2n) is 9.13. The second-order valence-corrected chi connectivity index (χ2v) is 9.13. The van der Waals surface area contributed by atoms with Crippen molar-refractivity contribution in [3.05, 3.63) is 35.5 Å². The first-order valence-corrected chi connectivity index (χ1v) is 11.2. The van der Waals surface area contributed by atoms with Crippen LogP contribution < -0.4 is 0 Å². The molecule has 2 rings (SSSR count). The molecule has 0 amide bonds. The van der Waals surface area contributed by atoms with Crippen molar-refractivity contribution < 1.29 is 48.0 Å². The van der Waals surface area contributed by atoms with Gasteiger partial charge < -0.3 is 24.1 Å². The summed E-state index contributed by atoms with van der Waals surface area (Å²) in [7, 11) is 1.14. The highest BCUT2D eigenvalue weighted by Crippen LogP contribution is 2.38. The lowest BCUT2D eigenvalue weighted by Crippen LogP contribution is -2.51. The number of fused-ring (bicyclic) bond motifs is 1. The third-order valence-corrected chi connectivity index (χ3v) is 6.03. The molecule has 0 aromatic rings. The maximum atomic E-state index is 12.9. The maximum absolute atomic E-state index is 12.9. The Morgan fingerprint density at radius 1 is 1.23 bits per heavy atom. The Bertz CT molecular complexity index is 984. The van der Waals surface area contributed by atoms with E-state index in [0.717, 1.165) is 26.5 Å². The van der Waals surface area contributed by atoms with E-state index in [1.165, 1.54) is 6.08 Å². The van der Waals surface area contributed by atoms with Crippen molar-refractivity contribution >= 4 is 29.7 Å². The minimum Gasteiger partial charge on any atom is -0.466 e. The lowest BCUT2D eigenvalue weighted by molar-refractivity contribution is -0.186. The normalized spacial score (nSPS) is 29.4. The van der Waals surface area contributed by atoms with Crippen LogP contribution in [0.4, 0.5) is 0 Å². The number of Topliss-reactive ketones (excluding diaryl/α,β-unsaturated/α-hetero) is 1. The van der Waals surface area contributed by atoms with Crippen LogP contribution in [0.1, 0.15) is 47.5 Å². The van der Waals surface area contributed by atoms with Crippen molar-refractivity contribution in [2.24, 2.45) is 11.8 Å². The molecule has 1 heterocycles. The maximum Gasteiger partial charge on any atom is 0.346 e. The number of allylic oxidation sites excluding steroid dienone is 2. The number of ketones is 1. The van der Waals surface area contributed by atoms with E-state index in [9.17, 15) is 29.1 Å². The summed E-state index contributed by atoms with van der Waals surface area (Å²) in [5, 5.41) is 10.4. The molecular weight excluding hydrogens is 460 g/mol. The standard InChI is InChI=1S/C25H32O10/c1-12(2)21(27)34-19-16(23(29)32-7)10-8-9-13(3)11-17-18(14(4)22(28)33-17)20(19)35-24(30)25(6,31)15(5)26/h10-12,17-20,31H,4,8-9H2,1-3,5-7H3/b13-11-,16-10+/t17-,18+,19+,20+,25+/m1/s1. The summed E-state index contributed by atoms with van der Waals surface area (Å²) in [6, 6.07) is 0. The van der Waals surface area contributed by atoms with Crippen LogP contribution in [0.5, 0.6) is 0 Å². The van der Waals surface area contributed by atoms with E-state index in [0.29, 0.717) is 12.8 Å². The van der Waals surface area contributed by atoms with Crippen LogP contribution in [-0.4, -0.2) is 65.8 Å². The molecule has 2 aliphatic rings. The Morgan fingerprint density at radius 3 is 2.40 bits per heavy atom. The Labute approximate surface area is 203 Å². The van der Waals surface area contributed by atoms with Crippen LogP contribution in [0.25, 0.3) is 0 Å². The summed E-state index contributed by atoms with van der Waals surface area (Å²) in [5.41, 5.74) is -1.93. The third kappa shape index (κ3) is 6.05. The van der Waals surface area contributed by atoms with Gasteiger partial charge in [-0.15, -0.1) is 0 Å². The van der Waals surface area contributed by atoms with E-state index in [-0.39, 0.29) is 11.1 Å². The first-order chi connectivity index (χ1) is 16.2. The van der Waals surface area contributed by atoms with Gasteiger partial charge in [-0.25, -0.2) is 14.4 Å². The minimum absolute atomic E-state index is 0.0882. The molecule has 1 saturated heterocycles. The highest BCUT2D eigenvalue weighted by Gasteiger charge is 2.52. The molecule has 35 heavy (non-hydrogen) atoms. The first kappa shape index (κ1) is 28.0. The molecule has 0 aromatic heterocycles. The SMILES string of the molecule is C=C1C(=O)O[C@@H]2/C=C(/C)CC/C=C(/C(=O)OC)[C@H](OC(=O)C(C)C)[C@@H](OC(=O)[C@@](C)(O)C(C)=O)[C@@H]12. The van der Waals surface area contributed by atoms with Gasteiger partial charge in [0.2, 0.25) is 5.60 Å². The van der Waals surface area contributed by atoms with Gasteiger partial charge in [0.1, 0.15) is 6.10 Å². The molecule has 10 nitrogen and oxygen atoms in total. The highest BCUT2D eigenvalue weighted by atomic mass is 16.6. The van der Waals surface area contributed by atoms with Gasteiger partial charge in [-0.1, -0.05) is 32.1 Å². The van der Waals surface area contributed by atoms with Crippen molar-refractivity contribution in [2.75, 3.05) is 7.11 Å². The van der Waals surface area contributed by atoms with Gasteiger partial charge in [0.15, 0.2) is 18.0 Å². The number of esters is 4. The lowest BCUT2D eigenvalue weighted by atomic mass is 9.83. The van der Waals surface area contributed by atoms with Crippen LogP contribution in [0.2, 0.25) is 0 Å². The average molecular weight is 493 g/mol. The monoisotopic (exact) mass is 492 g/mol. The summed E-state index contributed by atoms with van der Waals surface area (Å²) in [6.07, 6.45) is -0.0768. The molecule has 0 spiro atoms. The van der Waals surface area contributed by atoms with Gasteiger partial charge in [-0.3, -0.25) is 9.59 Å². The number of hydrogen-bond donors (Lipinski definition) is 1. The zero-order valence-corrected chi connectivity index (χ0v) is 20.8. The Hall–Kier alpha value is -3.27. The fraction of sp³-hybridized carbons (Fsp3) is 0.560. The number of methoxy groups -OCH3 is 1. The van der Waals surface area contributed by atoms with E-state index in [1.807, 2.05) is 0 Å². The summed E-state index contributed by atoms with van der Waals surface area (Å²) in [5.74, 6) is -6.30. The van der Waals surface area contributed by atoms with Gasteiger partial charge in [0.25, 0.3) is 0 Å². The molecule has 10 heteroatoms. The Morgan fingerprint density at radius 2 is 1.86 bits per heavy atom. The summed E-state index contributed by atoms with van der Waals surface area (Å²) < 4.78 is 21.6. The van der Waals surface area contributed by atoms with E-state index in [4.69, 9.17) is 18.9 Å². The average Bonchev–Trinajstić information content (AvgIpc) is 3.05. The molecule has 5 atom stereocenters. The van der Waals surface area contributed by atoms with Crippen LogP contribution >= 0.6 is 0 Å². The molecule has 0 saturated carbocycles. The molecule has 0 radical (unpaired) electrons. The molecule has 1 aliphatic carbocycles.